The average Bonchev–Trinajstić information content (AvgIpc) is 2.88. The highest BCUT2D eigenvalue weighted by atomic mass is 35.5. The van der Waals surface area contributed by atoms with E-state index in [1.807, 2.05) is 36.4 Å². The van der Waals surface area contributed by atoms with Gasteiger partial charge in [-0.1, -0.05) is 35.9 Å². The van der Waals surface area contributed by atoms with Crippen LogP contribution in [-0.4, -0.2) is 21.8 Å². The topological polar surface area (TPSA) is 85.7 Å². The molecule has 5 rings (SSSR count). The molecular weight excluding hydrogens is 466 g/mol. The van der Waals surface area contributed by atoms with Crippen LogP contribution in [-0.2, 0) is 11.4 Å². The van der Waals surface area contributed by atoms with E-state index in [1.54, 1.807) is 42.6 Å². The molecule has 0 radical (unpaired) electrons. The van der Waals surface area contributed by atoms with Crippen LogP contribution in [0.5, 0.6) is 17.2 Å². The number of rotatable bonds is 6. The van der Waals surface area contributed by atoms with Gasteiger partial charge in [0.25, 0.3) is 0 Å². The highest BCUT2D eigenvalue weighted by molar-refractivity contribution is 6.30. The van der Waals surface area contributed by atoms with Crippen molar-refractivity contribution in [2.45, 2.75) is 18.9 Å². The van der Waals surface area contributed by atoms with E-state index >= 15 is 0 Å². The number of phenolic OH excluding ortho intramolecular Hbond substituents is 1. The van der Waals surface area contributed by atoms with Gasteiger partial charge in [-0.05, 0) is 54.6 Å². The molecule has 2 heterocycles. The summed E-state index contributed by atoms with van der Waals surface area (Å²) in [4.78, 5) is 29.9. The largest absolute Gasteiger partial charge is 0.507 e. The molecule has 0 spiro atoms. The summed E-state index contributed by atoms with van der Waals surface area (Å²) in [6.45, 7) is 0.239. The number of esters is 1. The lowest BCUT2D eigenvalue weighted by atomic mass is 9.83. The standard InChI is InChI=1S/C28H20ClNO5/c29-18-10-8-17(9-11-18)27(32)21-12-13-24-26(28(21)33)22(15-25(31)35-24)20-6-1-2-7-23(20)34-16-19-5-3-4-14-30-19/h1-14,22,33H,15-16H2/t22-/m1/s1. The molecule has 1 atom stereocenters. The number of nitrogens with zero attached hydrogens (tertiary/aromatic N) is 1. The number of pyridine rings is 1. The zero-order valence-corrected chi connectivity index (χ0v) is 19.2. The van der Waals surface area contributed by atoms with Crippen LogP contribution in [0, 0.1) is 0 Å². The second-order valence-corrected chi connectivity index (χ2v) is 8.52. The van der Waals surface area contributed by atoms with Gasteiger partial charge in [-0.15, -0.1) is 0 Å². The third-order valence-electron chi connectivity index (χ3n) is 5.87. The van der Waals surface area contributed by atoms with Crippen LogP contribution < -0.4 is 9.47 Å². The molecule has 7 heteroatoms. The molecule has 0 bridgehead atoms. The van der Waals surface area contributed by atoms with Crippen LogP contribution in [0.3, 0.4) is 0 Å². The quantitative estimate of drug-likeness (QED) is 0.214. The van der Waals surface area contributed by atoms with E-state index in [2.05, 4.69) is 4.98 Å². The molecule has 6 nitrogen and oxygen atoms in total. The molecule has 1 aliphatic rings. The van der Waals surface area contributed by atoms with Crippen molar-refractivity contribution in [1.82, 2.24) is 4.98 Å². The second-order valence-electron chi connectivity index (χ2n) is 8.09. The summed E-state index contributed by atoms with van der Waals surface area (Å²) in [5, 5.41) is 11.8. The van der Waals surface area contributed by atoms with E-state index in [0.29, 0.717) is 27.5 Å². The summed E-state index contributed by atoms with van der Waals surface area (Å²) < 4.78 is 11.5. The maximum Gasteiger partial charge on any atom is 0.312 e. The number of fused-ring (bicyclic) bond motifs is 1. The van der Waals surface area contributed by atoms with Crippen LogP contribution in [0.25, 0.3) is 0 Å². The summed E-state index contributed by atoms with van der Waals surface area (Å²) in [5.74, 6) is -0.812. The zero-order valence-electron chi connectivity index (χ0n) is 18.5. The predicted molar refractivity (Wildman–Crippen MR) is 130 cm³/mol. The van der Waals surface area contributed by atoms with Crippen LogP contribution in [0.2, 0.25) is 5.02 Å². The lowest BCUT2D eigenvalue weighted by molar-refractivity contribution is -0.135. The molecule has 0 saturated carbocycles. The SMILES string of the molecule is O=C1C[C@H](c2ccccc2OCc2ccccn2)c2c(ccc(C(=O)c3ccc(Cl)cc3)c2O)O1. The number of halogens is 1. The first-order chi connectivity index (χ1) is 17.0. The lowest BCUT2D eigenvalue weighted by Gasteiger charge is -2.27. The maximum absolute atomic E-state index is 13.2. The van der Waals surface area contributed by atoms with Crippen LogP contribution in [0.1, 0.15) is 45.1 Å². The Hall–Kier alpha value is -4.16. The highest BCUT2D eigenvalue weighted by Gasteiger charge is 2.34. The van der Waals surface area contributed by atoms with E-state index in [-0.39, 0.29) is 35.9 Å². The Kier molecular flexibility index (Phi) is 6.21. The van der Waals surface area contributed by atoms with Gasteiger partial charge in [-0.2, -0.15) is 0 Å². The van der Waals surface area contributed by atoms with E-state index < -0.39 is 11.9 Å². The van der Waals surface area contributed by atoms with Crippen LogP contribution in [0.15, 0.2) is 85.1 Å². The number of benzene rings is 3. The fourth-order valence-electron chi connectivity index (χ4n) is 4.19. The number of carbonyl (C=O) groups excluding carboxylic acids is 2. The number of ether oxygens (including phenoxy) is 2. The number of carbonyl (C=O) groups is 2. The monoisotopic (exact) mass is 485 g/mol. The smallest absolute Gasteiger partial charge is 0.312 e. The first-order valence-electron chi connectivity index (χ1n) is 11.0. The Morgan fingerprint density at radius 3 is 2.57 bits per heavy atom. The third kappa shape index (κ3) is 4.61. The van der Waals surface area contributed by atoms with Gasteiger partial charge in [0.05, 0.1) is 17.7 Å². The first-order valence-corrected chi connectivity index (χ1v) is 11.4. The van der Waals surface area contributed by atoms with Gasteiger partial charge in [-0.25, -0.2) is 0 Å². The van der Waals surface area contributed by atoms with Gasteiger partial charge in [0.2, 0.25) is 0 Å². The van der Waals surface area contributed by atoms with Gasteiger partial charge in [0, 0.05) is 33.8 Å². The molecule has 174 valence electrons. The summed E-state index contributed by atoms with van der Waals surface area (Å²) in [6, 6.07) is 22.3. The molecule has 0 unspecified atom stereocenters. The number of ketones is 1. The minimum atomic E-state index is -0.566. The number of hydrogen-bond donors (Lipinski definition) is 1. The molecule has 1 N–H and O–H groups in total. The molecule has 0 amide bonds. The van der Waals surface area contributed by atoms with Crippen molar-refractivity contribution >= 4 is 23.4 Å². The van der Waals surface area contributed by atoms with Crippen LogP contribution >= 0.6 is 11.6 Å². The highest BCUT2D eigenvalue weighted by Crippen LogP contribution is 2.47. The minimum Gasteiger partial charge on any atom is -0.507 e. The Morgan fingerprint density at radius 1 is 1.03 bits per heavy atom. The van der Waals surface area contributed by atoms with Crippen molar-refractivity contribution in [2.75, 3.05) is 0 Å². The fourth-order valence-corrected chi connectivity index (χ4v) is 4.31. The van der Waals surface area contributed by atoms with Gasteiger partial charge >= 0.3 is 5.97 Å². The average molecular weight is 486 g/mol. The molecule has 0 fully saturated rings. The fraction of sp³-hybridized carbons (Fsp3) is 0.107. The second kappa shape index (κ2) is 9.60. The number of aromatic hydroxyl groups is 1. The van der Waals surface area contributed by atoms with Crippen molar-refractivity contribution in [3.8, 4) is 17.2 Å². The van der Waals surface area contributed by atoms with E-state index in [9.17, 15) is 14.7 Å². The molecular formula is C28H20ClNO5. The Morgan fingerprint density at radius 2 is 1.80 bits per heavy atom. The number of phenols is 1. The van der Waals surface area contributed by atoms with Crippen molar-refractivity contribution in [3.63, 3.8) is 0 Å². The summed E-state index contributed by atoms with van der Waals surface area (Å²) >= 11 is 5.94. The molecule has 1 aromatic heterocycles. The molecule has 4 aromatic rings. The van der Waals surface area contributed by atoms with Crippen LogP contribution in [0.4, 0.5) is 0 Å². The van der Waals surface area contributed by atoms with Gasteiger partial charge in [0.1, 0.15) is 23.9 Å². The number of hydrogen-bond acceptors (Lipinski definition) is 6. The summed E-state index contributed by atoms with van der Waals surface area (Å²) in [5.41, 5.74) is 2.32. The summed E-state index contributed by atoms with van der Waals surface area (Å²) in [7, 11) is 0. The van der Waals surface area contributed by atoms with E-state index in [4.69, 9.17) is 21.1 Å². The normalized spacial score (nSPS) is 14.7. The Balaban J connectivity index is 1.54. The van der Waals surface area contributed by atoms with Crippen molar-refractivity contribution < 1.29 is 24.2 Å². The van der Waals surface area contributed by atoms with Gasteiger partial charge in [-0.3, -0.25) is 14.6 Å². The molecule has 1 aliphatic heterocycles. The van der Waals surface area contributed by atoms with Crippen molar-refractivity contribution in [1.29, 1.82) is 0 Å². The molecule has 3 aromatic carbocycles. The molecule has 0 aliphatic carbocycles. The number of aromatic nitrogens is 1. The molecule has 0 saturated heterocycles. The van der Waals surface area contributed by atoms with E-state index in [0.717, 1.165) is 5.69 Å². The summed E-state index contributed by atoms with van der Waals surface area (Å²) in [6.07, 6.45) is 1.68. The number of para-hydroxylation sites is 1. The zero-order chi connectivity index (χ0) is 24.4. The minimum absolute atomic E-state index is 0.0108. The van der Waals surface area contributed by atoms with Gasteiger partial charge in [0.15, 0.2) is 5.78 Å². The van der Waals surface area contributed by atoms with E-state index in [1.165, 1.54) is 6.07 Å². The Labute approximate surface area is 206 Å². The first kappa shape index (κ1) is 22.6. The third-order valence-corrected chi connectivity index (χ3v) is 6.12. The Bertz CT molecular complexity index is 1400. The lowest BCUT2D eigenvalue weighted by Crippen LogP contribution is -2.22. The maximum atomic E-state index is 13.2. The van der Waals surface area contributed by atoms with Crippen molar-refractivity contribution in [2.24, 2.45) is 0 Å². The molecule has 35 heavy (non-hydrogen) atoms. The van der Waals surface area contributed by atoms with Crippen molar-refractivity contribution in [3.05, 3.63) is 118 Å². The van der Waals surface area contributed by atoms with Gasteiger partial charge < -0.3 is 14.6 Å². The predicted octanol–water partition coefficient (Wildman–Crippen LogP) is 5.69.